The van der Waals surface area contributed by atoms with Crippen LogP contribution in [0.5, 0.6) is 0 Å². The maximum absolute atomic E-state index is 12.3. The standard InChI is InChI=1S/C14H24N4O/c1-3-8-15-13-5-4-9-18(14(13)19)11-7-12-6-10-17(2)16-12/h6,10,13,15H,3-5,7-9,11H2,1-2H3. The summed E-state index contributed by atoms with van der Waals surface area (Å²) in [6.45, 7) is 4.71. The van der Waals surface area contributed by atoms with Gasteiger partial charge in [0.15, 0.2) is 0 Å². The lowest BCUT2D eigenvalue weighted by molar-refractivity contribution is -0.135. The van der Waals surface area contributed by atoms with E-state index < -0.39 is 0 Å². The first-order chi connectivity index (χ1) is 9.20. The van der Waals surface area contributed by atoms with Crippen LogP contribution in [0.4, 0.5) is 0 Å². The second kappa shape index (κ2) is 6.70. The fourth-order valence-electron chi connectivity index (χ4n) is 2.52. The lowest BCUT2D eigenvalue weighted by Gasteiger charge is -2.32. The number of rotatable bonds is 6. The van der Waals surface area contributed by atoms with Gasteiger partial charge in [0.25, 0.3) is 0 Å². The van der Waals surface area contributed by atoms with Crippen molar-refractivity contribution in [2.24, 2.45) is 7.05 Å². The first kappa shape index (κ1) is 14.1. The van der Waals surface area contributed by atoms with Crippen LogP contribution in [-0.2, 0) is 18.3 Å². The first-order valence-corrected chi connectivity index (χ1v) is 7.21. The van der Waals surface area contributed by atoms with Gasteiger partial charge in [0, 0.05) is 32.8 Å². The van der Waals surface area contributed by atoms with Crippen molar-refractivity contribution in [3.8, 4) is 0 Å². The minimum atomic E-state index is 0.0254. The molecule has 5 heteroatoms. The third kappa shape index (κ3) is 3.80. The van der Waals surface area contributed by atoms with Crippen molar-refractivity contribution in [1.29, 1.82) is 0 Å². The van der Waals surface area contributed by atoms with Gasteiger partial charge in [-0.1, -0.05) is 6.92 Å². The van der Waals surface area contributed by atoms with E-state index in [1.54, 1.807) is 4.68 Å². The molecule has 1 unspecified atom stereocenters. The molecule has 0 spiro atoms. The number of aryl methyl sites for hydroxylation is 1. The molecule has 0 radical (unpaired) electrons. The Morgan fingerprint density at radius 2 is 2.37 bits per heavy atom. The number of piperidine rings is 1. The monoisotopic (exact) mass is 264 g/mol. The van der Waals surface area contributed by atoms with Crippen molar-refractivity contribution in [3.63, 3.8) is 0 Å². The summed E-state index contributed by atoms with van der Waals surface area (Å²) in [6.07, 6.45) is 5.91. The molecule has 1 amide bonds. The highest BCUT2D eigenvalue weighted by molar-refractivity contribution is 5.82. The highest BCUT2D eigenvalue weighted by atomic mass is 16.2. The maximum atomic E-state index is 12.3. The van der Waals surface area contributed by atoms with Gasteiger partial charge in [-0.05, 0) is 31.9 Å². The van der Waals surface area contributed by atoms with Gasteiger partial charge in [-0.25, -0.2) is 0 Å². The third-order valence-electron chi connectivity index (χ3n) is 3.58. The lowest BCUT2D eigenvalue weighted by Crippen LogP contribution is -2.51. The van der Waals surface area contributed by atoms with Crippen LogP contribution in [0.25, 0.3) is 0 Å². The summed E-state index contributed by atoms with van der Waals surface area (Å²) in [6, 6.07) is 2.04. The van der Waals surface area contributed by atoms with Crippen LogP contribution in [0.3, 0.4) is 0 Å². The Labute approximate surface area is 115 Å². The second-order valence-electron chi connectivity index (χ2n) is 5.20. The van der Waals surface area contributed by atoms with Gasteiger partial charge < -0.3 is 10.2 Å². The number of nitrogens with one attached hydrogen (secondary N) is 1. The number of likely N-dealkylation sites (tertiary alicyclic amines) is 1. The van der Waals surface area contributed by atoms with E-state index in [0.717, 1.165) is 51.0 Å². The molecular formula is C14H24N4O. The maximum Gasteiger partial charge on any atom is 0.239 e. The first-order valence-electron chi connectivity index (χ1n) is 7.21. The van der Waals surface area contributed by atoms with Crippen LogP contribution >= 0.6 is 0 Å². The molecule has 19 heavy (non-hydrogen) atoms. The van der Waals surface area contributed by atoms with Gasteiger partial charge in [-0.2, -0.15) is 5.10 Å². The molecule has 0 saturated carbocycles. The van der Waals surface area contributed by atoms with Gasteiger partial charge in [-0.15, -0.1) is 0 Å². The van der Waals surface area contributed by atoms with E-state index in [1.807, 2.05) is 24.2 Å². The Balaban J connectivity index is 1.83. The molecule has 0 aliphatic carbocycles. The Kier molecular flexibility index (Phi) is 4.96. The van der Waals surface area contributed by atoms with E-state index in [4.69, 9.17) is 0 Å². The molecule has 2 rings (SSSR count). The molecule has 0 aromatic carbocycles. The second-order valence-corrected chi connectivity index (χ2v) is 5.20. The van der Waals surface area contributed by atoms with Crippen molar-refractivity contribution < 1.29 is 4.79 Å². The van der Waals surface area contributed by atoms with Crippen LogP contribution in [0.2, 0.25) is 0 Å². The largest absolute Gasteiger partial charge is 0.341 e. The molecule has 1 atom stereocenters. The predicted octanol–water partition coefficient (Wildman–Crippen LogP) is 0.953. The molecule has 1 aliphatic rings. The van der Waals surface area contributed by atoms with Crippen molar-refractivity contribution >= 4 is 5.91 Å². The predicted molar refractivity (Wildman–Crippen MR) is 74.8 cm³/mol. The Bertz CT molecular complexity index is 415. The van der Waals surface area contributed by atoms with Crippen LogP contribution in [-0.4, -0.2) is 46.3 Å². The highest BCUT2D eigenvalue weighted by Gasteiger charge is 2.27. The Morgan fingerprint density at radius 3 is 3.05 bits per heavy atom. The molecular weight excluding hydrogens is 240 g/mol. The summed E-state index contributed by atoms with van der Waals surface area (Å²) in [7, 11) is 1.92. The number of hydrogen-bond acceptors (Lipinski definition) is 3. The zero-order valence-electron chi connectivity index (χ0n) is 11.9. The highest BCUT2D eigenvalue weighted by Crippen LogP contribution is 2.12. The van der Waals surface area contributed by atoms with Gasteiger partial charge in [0.05, 0.1) is 11.7 Å². The molecule has 0 bridgehead atoms. The Hall–Kier alpha value is -1.36. The minimum Gasteiger partial charge on any atom is -0.341 e. The number of nitrogens with zero attached hydrogens (tertiary/aromatic N) is 3. The average Bonchev–Trinajstić information content (AvgIpc) is 2.82. The fourth-order valence-corrected chi connectivity index (χ4v) is 2.52. The zero-order chi connectivity index (χ0) is 13.7. The van der Waals surface area contributed by atoms with Crippen LogP contribution < -0.4 is 5.32 Å². The van der Waals surface area contributed by atoms with Crippen molar-refractivity contribution in [2.75, 3.05) is 19.6 Å². The lowest BCUT2D eigenvalue weighted by atomic mass is 10.0. The quantitative estimate of drug-likeness (QED) is 0.832. The number of carbonyl (C=O) groups is 1. The summed E-state index contributed by atoms with van der Waals surface area (Å²) in [5, 5.41) is 7.69. The van der Waals surface area contributed by atoms with E-state index in [-0.39, 0.29) is 11.9 Å². The molecule has 1 aliphatic heterocycles. The van der Waals surface area contributed by atoms with E-state index in [0.29, 0.717) is 0 Å². The molecule has 5 nitrogen and oxygen atoms in total. The minimum absolute atomic E-state index is 0.0254. The summed E-state index contributed by atoms with van der Waals surface area (Å²) in [4.78, 5) is 14.3. The topological polar surface area (TPSA) is 50.2 Å². The van der Waals surface area contributed by atoms with E-state index in [2.05, 4.69) is 17.3 Å². The van der Waals surface area contributed by atoms with Gasteiger partial charge >= 0.3 is 0 Å². The van der Waals surface area contributed by atoms with E-state index >= 15 is 0 Å². The summed E-state index contributed by atoms with van der Waals surface area (Å²) >= 11 is 0. The van der Waals surface area contributed by atoms with Gasteiger partial charge in [0.2, 0.25) is 5.91 Å². The van der Waals surface area contributed by atoms with Crippen LogP contribution in [0, 0.1) is 0 Å². The van der Waals surface area contributed by atoms with Crippen LogP contribution in [0.15, 0.2) is 12.3 Å². The summed E-state index contributed by atoms with van der Waals surface area (Å²) < 4.78 is 1.80. The van der Waals surface area contributed by atoms with Gasteiger partial charge in [-0.3, -0.25) is 9.48 Å². The number of amides is 1. The SMILES string of the molecule is CCCNC1CCCN(CCc2ccn(C)n2)C1=O. The van der Waals surface area contributed by atoms with E-state index in [1.165, 1.54) is 0 Å². The smallest absolute Gasteiger partial charge is 0.239 e. The normalized spacial score (nSPS) is 20.0. The molecule has 2 heterocycles. The average molecular weight is 264 g/mol. The molecule has 1 aromatic heterocycles. The number of aromatic nitrogens is 2. The third-order valence-corrected chi connectivity index (χ3v) is 3.58. The molecule has 106 valence electrons. The Morgan fingerprint density at radius 1 is 1.53 bits per heavy atom. The molecule has 1 N–H and O–H groups in total. The fraction of sp³-hybridized carbons (Fsp3) is 0.714. The molecule has 1 saturated heterocycles. The summed E-state index contributed by atoms with van der Waals surface area (Å²) in [5.74, 6) is 0.260. The summed E-state index contributed by atoms with van der Waals surface area (Å²) in [5.41, 5.74) is 1.05. The van der Waals surface area contributed by atoms with Crippen molar-refractivity contribution in [1.82, 2.24) is 20.0 Å². The van der Waals surface area contributed by atoms with Crippen LogP contribution in [0.1, 0.15) is 31.9 Å². The van der Waals surface area contributed by atoms with Crippen molar-refractivity contribution in [2.45, 2.75) is 38.6 Å². The molecule has 1 fully saturated rings. The number of hydrogen-bond donors (Lipinski definition) is 1. The van der Waals surface area contributed by atoms with Crippen molar-refractivity contribution in [3.05, 3.63) is 18.0 Å². The zero-order valence-corrected chi connectivity index (χ0v) is 11.9. The van der Waals surface area contributed by atoms with E-state index in [9.17, 15) is 4.79 Å². The molecule has 1 aromatic rings. The van der Waals surface area contributed by atoms with Gasteiger partial charge in [0.1, 0.15) is 0 Å². The number of carbonyl (C=O) groups excluding carboxylic acids is 1.